The third kappa shape index (κ3) is 4.36. The lowest BCUT2D eigenvalue weighted by atomic mass is 9.91. The van der Waals surface area contributed by atoms with E-state index in [0.29, 0.717) is 24.8 Å². The fourth-order valence-electron chi connectivity index (χ4n) is 3.61. The second-order valence-electron chi connectivity index (χ2n) is 6.98. The van der Waals surface area contributed by atoms with Crippen LogP contribution in [0.15, 0.2) is 53.4 Å². The molecule has 0 saturated carbocycles. The monoisotopic (exact) mass is 402 g/mol. The lowest BCUT2D eigenvalue weighted by molar-refractivity contribution is 0.0960. The third-order valence-corrected chi connectivity index (χ3v) is 7.12. The highest BCUT2D eigenvalue weighted by atomic mass is 32.2. The molecule has 1 fully saturated rings. The number of carbonyl (C=O) groups excluding carboxylic acids is 1. The first-order valence-electron chi connectivity index (χ1n) is 9.40. The number of benzene rings is 2. The number of carbonyl (C=O) groups is 1. The fourth-order valence-corrected chi connectivity index (χ4v) is 5.11. The van der Waals surface area contributed by atoms with Crippen LogP contribution < -0.4 is 10.1 Å². The lowest BCUT2D eigenvalue weighted by Crippen LogP contribution is -2.39. The molecule has 0 bridgehead atoms. The van der Waals surface area contributed by atoms with Crippen LogP contribution in [0.25, 0.3) is 0 Å². The van der Waals surface area contributed by atoms with E-state index in [1.807, 2.05) is 18.2 Å². The standard InChI is InChI=1S/C21H26N2O4S/c1-22-21(24)19-15-18(8-9-20(19)27-2)28(25,26)23-12-10-17(11-13-23)14-16-6-4-3-5-7-16/h3-9,15,17H,10-14H2,1-2H3,(H,22,24). The minimum atomic E-state index is -3.65. The van der Waals surface area contributed by atoms with Crippen molar-refractivity contribution in [2.75, 3.05) is 27.2 Å². The number of piperidine rings is 1. The summed E-state index contributed by atoms with van der Waals surface area (Å²) in [6, 6.07) is 14.7. The number of nitrogens with zero attached hydrogens (tertiary/aromatic N) is 1. The zero-order valence-corrected chi connectivity index (χ0v) is 17.0. The summed E-state index contributed by atoms with van der Waals surface area (Å²) in [5, 5.41) is 2.52. The number of hydrogen-bond acceptors (Lipinski definition) is 4. The van der Waals surface area contributed by atoms with E-state index in [1.165, 1.54) is 42.2 Å². The summed E-state index contributed by atoms with van der Waals surface area (Å²) in [7, 11) is -0.697. The normalized spacial score (nSPS) is 15.9. The molecule has 3 rings (SSSR count). The van der Waals surface area contributed by atoms with E-state index < -0.39 is 10.0 Å². The Hall–Kier alpha value is -2.38. The van der Waals surface area contributed by atoms with E-state index in [1.54, 1.807) is 0 Å². The molecule has 1 saturated heterocycles. The number of methoxy groups -OCH3 is 1. The van der Waals surface area contributed by atoms with Crippen molar-refractivity contribution in [1.82, 2.24) is 9.62 Å². The van der Waals surface area contributed by atoms with E-state index in [2.05, 4.69) is 17.4 Å². The molecule has 150 valence electrons. The second-order valence-corrected chi connectivity index (χ2v) is 8.92. The van der Waals surface area contributed by atoms with Crippen LogP contribution in [-0.4, -0.2) is 45.9 Å². The minimum absolute atomic E-state index is 0.119. The Kier molecular flexibility index (Phi) is 6.36. The molecule has 0 unspecified atom stereocenters. The van der Waals surface area contributed by atoms with Gasteiger partial charge in [-0.1, -0.05) is 30.3 Å². The number of nitrogens with one attached hydrogen (secondary N) is 1. The van der Waals surface area contributed by atoms with Crippen LogP contribution in [0.1, 0.15) is 28.8 Å². The van der Waals surface area contributed by atoms with Crippen molar-refractivity contribution < 1.29 is 17.9 Å². The van der Waals surface area contributed by atoms with E-state index in [9.17, 15) is 13.2 Å². The number of ether oxygens (including phenoxy) is 1. The van der Waals surface area contributed by atoms with Crippen molar-refractivity contribution in [2.24, 2.45) is 5.92 Å². The highest BCUT2D eigenvalue weighted by Crippen LogP contribution is 2.28. The van der Waals surface area contributed by atoms with Crippen LogP contribution in [0.5, 0.6) is 5.75 Å². The highest BCUT2D eigenvalue weighted by Gasteiger charge is 2.30. The van der Waals surface area contributed by atoms with Gasteiger partial charge in [0.2, 0.25) is 10.0 Å². The van der Waals surface area contributed by atoms with Crippen LogP contribution in [-0.2, 0) is 16.4 Å². The van der Waals surface area contributed by atoms with Gasteiger partial charge in [0.05, 0.1) is 17.6 Å². The highest BCUT2D eigenvalue weighted by molar-refractivity contribution is 7.89. The zero-order valence-electron chi connectivity index (χ0n) is 16.2. The summed E-state index contributed by atoms with van der Waals surface area (Å²) in [6.07, 6.45) is 2.62. The maximum atomic E-state index is 13.1. The molecule has 0 aliphatic carbocycles. The van der Waals surface area contributed by atoms with Gasteiger partial charge < -0.3 is 10.1 Å². The molecule has 2 aromatic rings. The topological polar surface area (TPSA) is 75.7 Å². The van der Waals surface area contributed by atoms with Gasteiger partial charge in [-0.15, -0.1) is 0 Å². The molecular formula is C21H26N2O4S. The molecule has 2 aromatic carbocycles. The van der Waals surface area contributed by atoms with Crippen molar-refractivity contribution in [3.8, 4) is 5.75 Å². The van der Waals surface area contributed by atoms with Crippen molar-refractivity contribution in [1.29, 1.82) is 0 Å². The van der Waals surface area contributed by atoms with Crippen LogP contribution >= 0.6 is 0 Å². The average Bonchev–Trinajstić information content (AvgIpc) is 2.73. The van der Waals surface area contributed by atoms with E-state index in [0.717, 1.165) is 19.3 Å². The predicted octanol–water partition coefficient (Wildman–Crippen LogP) is 2.70. The van der Waals surface area contributed by atoms with E-state index >= 15 is 0 Å². The molecule has 1 heterocycles. The van der Waals surface area contributed by atoms with E-state index in [4.69, 9.17) is 4.74 Å². The summed E-state index contributed by atoms with van der Waals surface area (Å²) >= 11 is 0. The first kappa shape index (κ1) is 20.4. The molecule has 1 N–H and O–H groups in total. The molecule has 1 aliphatic heterocycles. The summed E-state index contributed by atoms with van der Waals surface area (Å²) < 4.78 is 32.8. The average molecular weight is 403 g/mol. The first-order chi connectivity index (χ1) is 13.5. The predicted molar refractivity (Wildman–Crippen MR) is 108 cm³/mol. The summed E-state index contributed by atoms with van der Waals surface area (Å²) in [4.78, 5) is 12.2. The van der Waals surface area contributed by atoms with Crippen molar-refractivity contribution in [3.05, 3.63) is 59.7 Å². The Balaban J connectivity index is 1.73. The van der Waals surface area contributed by atoms with Gasteiger partial charge in [0.25, 0.3) is 5.91 Å². The maximum absolute atomic E-state index is 13.1. The van der Waals surface area contributed by atoms with Crippen molar-refractivity contribution in [3.63, 3.8) is 0 Å². The van der Waals surface area contributed by atoms with Gasteiger partial charge in [0.15, 0.2) is 0 Å². The number of rotatable bonds is 6. The van der Waals surface area contributed by atoms with Gasteiger partial charge in [-0.05, 0) is 48.9 Å². The molecular weight excluding hydrogens is 376 g/mol. The fraction of sp³-hybridized carbons (Fsp3) is 0.381. The van der Waals surface area contributed by atoms with Crippen molar-refractivity contribution >= 4 is 15.9 Å². The molecule has 0 radical (unpaired) electrons. The number of sulfonamides is 1. The summed E-state index contributed by atoms with van der Waals surface area (Å²) in [6.45, 7) is 0.975. The Morgan fingerprint density at radius 3 is 2.43 bits per heavy atom. The molecule has 6 nitrogen and oxygen atoms in total. The van der Waals surface area contributed by atoms with Crippen LogP contribution in [0, 0.1) is 5.92 Å². The molecule has 0 spiro atoms. The van der Waals surface area contributed by atoms with Gasteiger partial charge >= 0.3 is 0 Å². The first-order valence-corrected chi connectivity index (χ1v) is 10.8. The van der Waals surface area contributed by atoms with Gasteiger partial charge in [0, 0.05) is 20.1 Å². The molecule has 1 aliphatic rings. The third-order valence-electron chi connectivity index (χ3n) is 5.22. The molecule has 1 amide bonds. The van der Waals surface area contributed by atoms with Gasteiger partial charge in [0.1, 0.15) is 5.75 Å². The second kappa shape index (κ2) is 8.75. The van der Waals surface area contributed by atoms with E-state index in [-0.39, 0.29) is 16.4 Å². The smallest absolute Gasteiger partial charge is 0.254 e. The lowest BCUT2D eigenvalue weighted by Gasteiger charge is -2.31. The Morgan fingerprint density at radius 1 is 1.14 bits per heavy atom. The molecule has 0 atom stereocenters. The SMILES string of the molecule is CNC(=O)c1cc(S(=O)(=O)N2CCC(Cc3ccccc3)CC2)ccc1OC. The van der Waals surface area contributed by atoms with Crippen LogP contribution in [0.4, 0.5) is 0 Å². The summed E-state index contributed by atoms with van der Waals surface area (Å²) in [5.41, 5.74) is 1.50. The van der Waals surface area contributed by atoms with Gasteiger partial charge in [-0.3, -0.25) is 4.79 Å². The van der Waals surface area contributed by atoms with Crippen molar-refractivity contribution in [2.45, 2.75) is 24.2 Å². The maximum Gasteiger partial charge on any atom is 0.254 e. The van der Waals surface area contributed by atoms with Gasteiger partial charge in [-0.25, -0.2) is 8.42 Å². The van der Waals surface area contributed by atoms with Crippen LogP contribution in [0.2, 0.25) is 0 Å². The Labute approximate surface area is 166 Å². The Morgan fingerprint density at radius 2 is 1.82 bits per heavy atom. The largest absolute Gasteiger partial charge is 0.496 e. The quantitative estimate of drug-likeness (QED) is 0.806. The van der Waals surface area contributed by atoms with Gasteiger partial charge in [-0.2, -0.15) is 4.31 Å². The number of hydrogen-bond donors (Lipinski definition) is 1. The molecule has 28 heavy (non-hydrogen) atoms. The summed E-state index contributed by atoms with van der Waals surface area (Å²) in [5.74, 6) is 0.446. The van der Waals surface area contributed by atoms with Crippen LogP contribution in [0.3, 0.4) is 0 Å². The molecule has 0 aromatic heterocycles. The minimum Gasteiger partial charge on any atom is -0.496 e. The Bertz CT molecular complexity index is 921. The number of amides is 1. The zero-order chi connectivity index (χ0) is 20.1. The molecule has 7 heteroatoms.